The quantitative estimate of drug-likeness (QED) is 0.160. The second-order valence-corrected chi connectivity index (χ2v) is 28.2. The molecule has 8 aromatic heterocycles. The van der Waals surface area contributed by atoms with Crippen LogP contribution < -0.4 is 18.3 Å². The van der Waals surface area contributed by atoms with Gasteiger partial charge in [-0.05, 0) is 189 Å². The van der Waals surface area contributed by atoms with E-state index in [1.807, 2.05) is 96.9 Å². The Kier molecular flexibility index (Phi) is 16.2. The van der Waals surface area contributed by atoms with Crippen molar-refractivity contribution >= 4 is 131 Å². The second kappa shape index (κ2) is 25.9. The molecule has 20 aromatic rings. The highest BCUT2D eigenvalue weighted by molar-refractivity contribution is 6.17. The molecule has 12 heteroatoms. The number of rotatable bonds is 4. The Morgan fingerprint density at radius 2 is 0.629 bits per heavy atom. The van der Waals surface area contributed by atoms with Gasteiger partial charge in [-0.3, -0.25) is 0 Å². The first-order chi connectivity index (χ1) is 50.9. The van der Waals surface area contributed by atoms with E-state index < -0.39 is 0 Å². The van der Waals surface area contributed by atoms with E-state index in [0.717, 1.165) is 145 Å². The lowest BCUT2D eigenvalue weighted by molar-refractivity contribution is -0.663. The number of furan rings is 4. The molecule has 0 radical (unpaired) electrons. The third-order valence-electron chi connectivity index (χ3n) is 21.1. The van der Waals surface area contributed by atoms with Crippen LogP contribution in [0.5, 0.6) is 0 Å². The van der Waals surface area contributed by atoms with Gasteiger partial charge in [-0.2, -0.15) is 0 Å². The summed E-state index contributed by atoms with van der Waals surface area (Å²) in [6, 6.07) is 72.5. The third-order valence-corrected chi connectivity index (χ3v) is 21.1. The summed E-state index contributed by atoms with van der Waals surface area (Å²) in [4.78, 5) is 18.2. The van der Waals surface area contributed by atoms with Crippen molar-refractivity contribution in [1.29, 1.82) is 0 Å². The van der Waals surface area contributed by atoms with Crippen molar-refractivity contribution in [2.45, 2.75) is 62.3 Å². The monoisotopic (exact) mass is 1370 g/mol. The lowest BCUT2D eigenvalue weighted by atomic mass is 9.96. The number of aryl methyl sites for hydroxylation is 11. The van der Waals surface area contributed by atoms with Crippen LogP contribution in [0.4, 0.5) is 0 Å². The Labute approximate surface area is 607 Å². The molecule has 0 atom stereocenters. The van der Waals surface area contributed by atoms with Gasteiger partial charge in [-0.15, -0.1) is 0 Å². The van der Waals surface area contributed by atoms with Gasteiger partial charge >= 0.3 is 11.6 Å². The van der Waals surface area contributed by atoms with E-state index in [0.29, 0.717) is 0 Å². The maximum Gasteiger partial charge on any atom is 0.334 e. The molecule has 20 rings (SSSR count). The molecule has 0 bridgehead atoms. The largest absolute Gasteiger partial charge is 0.455 e. The molecule has 8 heterocycles. The third kappa shape index (κ3) is 11.5. The Morgan fingerprint density at radius 3 is 1.07 bits per heavy atom. The highest BCUT2D eigenvalue weighted by Crippen LogP contribution is 2.44. The fourth-order valence-corrected chi connectivity index (χ4v) is 15.2. The van der Waals surface area contributed by atoms with Crippen LogP contribution in [-0.2, 0) is 28.2 Å². The summed E-state index contributed by atoms with van der Waals surface area (Å²) in [6.07, 6.45) is 9.63. The van der Waals surface area contributed by atoms with E-state index in [2.05, 4.69) is 264 Å². The van der Waals surface area contributed by atoms with Gasteiger partial charge in [0.25, 0.3) is 12.7 Å². The van der Waals surface area contributed by atoms with Gasteiger partial charge in [0.05, 0.1) is 51.7 Å². The van der Waals surface area contributed by atoms with Crippen molar-refractivity contribution in [3.8, 4) is 45.3 Å². The van der Waals surface area contributed by atoms with Gasteiger partial charge in [-0.25, -0.2) is 18.3 Å². The van der Waals surface area contributed by atoms with Gasteiger partial charge in [-0.1, -0.05) is 131 Å². The first kappa shape index (κ1) is 65.5. The normalized spacial score (nSPS) is 11.7. The van der Waals surface area contributed by atoms with Gasteiger partial charge in [0, 0.05) is 88.1 Å². The van der Waals surface area contributed by atoms with Crippen LogP contribution in [0.2, 0.25) is 0 Å². The van der Waals surface area contributed by atoms with Crippen molar-refractivity contribution in [2.75, 3.05) is 0 Å². The molecule has 0 aliphatic heterocycles. The van der Waals surface area contributed by atoms with Crippen LogP contribution in [0.1, 0.15) is 50.5 Å². The van der Waals surface area contributed by atoms with Crippen molar-refractivity contribution in [3.05, 3.63) is 288 Å². The first-order valence-corrected chi connectivity index (χ1v) is 35.6. The topological polar surface area (TPSA) is 120 Å². The molecule has 0 aliphatic rings. The minimum atomic E-state index is 0.906. The van der Waals surface area contributed by atoms with Crippen molar-refractivity contribution < 1.29 is 35.9 Å². The fraction of sp³-hybridized carbons (Fsp3) is 0.140. The molecule has 0 unspecified atom stereocenters. The predicted octanol–water partition coefficient (Wildman–Crippen LogP) is 21.3. The fourth-order valence-electron chi connectivity index (χ4n) is 15.2. The van der Waals surface area contributed by atoms with E-state index >= 15 is 0 Å². The Hall–Kier alpha value is -12.8. The van der Waals surface area contributed by atoms with Crippen LogP contribution in [0.3, 0.4) is 0 Å². The minimum Gasteiger partial charge on any atom is -0.455 e. The molecule has 0 amide bonds. The average Bonchev–Trinajstić information content (AvgIpc) is 1.62. The Bertz CT molecular complexity index is 6770. The van der Waals surface area contributed by atoms with Crippen molar-refractivity contribution in [1.82, 2.24) is 19.9 Å². The zero-order chi connectivity index (χ0) is 72.2. The van der Waals surface area contributed by atoms with Gasteiger partial charge in [0.1, 0.15) is 62.2 Å². The number of aromatic nitrogens is 8. The molecule has 0 saturated heterocycles. The molecular formula is C93H78N8O4+4. The van der Waals surface area contributed by atoms with Gasteiger partial charge in [0.15, 0.2) is 28.2 Å². The molecule has 0 fully saturated rings. The van der Waals surface area contributed by atoms with E-state index in [9.17, 15) is 0 Å². The first-order valence-electron chi connectivity index (χ1n) is 35.6. The molecular weight excluding hydrogens is 1290 g/mol. The molecule has 0 saturated carbocycles. The lowest BCUT2D eigenvalue weighted by Gasteiger charge is -2.10. The summed E-state index contributed by atoms with van der Waals surface area (Å²) < 4.78 is 33.8. The molecule has 12 nitrogen and oxygen atoms in total. The molecule has 0 aliphatic carbocycles. The molecule has 0 spiro atoms. The van der Waals surface area contributed by atoms with Crippen molar-refractivity contribution in [3.63, 3.8) is 0 Å². The van der Waals surface area contributed by atoms with E-state index in [4.69, 9.17) is 22.7 Å². The Morgan fingerprint density at radius 1 is 0.267 bits per heavy atom. The van der Waals surface area contributed by atoms with Gasteiger partial charge < -0.3 is 17.7 Å². The van der Waals surface area contributed by atoms with Crippen LogP contribution in [0.25, 0.3) is 176 Å². The standard InChI is InChI=1S/C24H21N2O.3C23H19N2O/c1-14-9-20-19-11-17-7-5-6-8-18(17)12-22(19)27-24(20)23(16(14)3)21-10-15(2)25-13-26(21)4;1-14-11-19-18-12-16-7-4-5-8-17(16)13-20(18)26-22(19)21(15(14)2)23-24-9-6-10-25(23)3;1-14-8-9-18-19-11-16-6-4-5-7-17(16)12-21(19)26-23(18)22(14)20-10-15(2)24-13-25(20)3;1-14-8-9-18-19-12-16-6-4-5-7-17(16)13-20(19)26-22(18)21(14)23-24-15(2)10-11-25(23)3/h5-13H,1-4H3;3*4-13H,1-3H3/q4*+1. The molecule has 0 N–H and O–H groups in total. The molecule has 12 aromatic carbocycles. The smallest absolute Gasteiger partial charge is 0.334 e. The maximum atomic E-state index is 6.44. The Balaban J connectivity index is 0.000000103. The van der Waals surface area contributed by atoms with Crippen LogP contribution in [-0.4, -0.2) is 19.9 Å². The van der Waals surface area contributed by atoms with E-state index in [1.54, 1.807) is 0 Å². The summed E-state index contributed by atoms with van der Waals surface area (Å²) in [5.41, 5.74) is 24.4. The maximum absolute atomic E-state index is 6.44. The van der Waals surface area contributed by atoms with Crippen LogP contribution in [0, 0.1) is 62.3 Å². The summed E-state index contributed by atoms with van der Waals surface area (Å²) in [5, 5.41) is 18.9. The summed E-state index contributed by atoms with van der Waals surface area (Å²) in [7, 11) is 8.10. The highest BCUT2D eigenvalue weighted by Gasteiger charge is 2.28. The predicted molar refractivity (Wildman–Crippen MR) is 425 cm³/mol. The second-order valence-electron chi connectivity index (χ2n) is 28.2. The van der Waals surface area contributed by atoms with E-state index in [1.165, 1.54) is 81.7 Å². The SMILES string of the molecule is Cc1cc(-c2c(C)c(C)cc3c2oc2cc4ccccc4cc23)[n+](C)cn1.Cc1cc(-c2c(C)ccc3c2oc2cc4ccccc4cc23)[n+](C)cn1.Cc1cc2c(oc3cc4ccccc4cc32)c(-c2nccc[n+]2C)c1C.Cc1cc[n+](C)c(-c2c(C)ccc3c2oc2cc4ccccc4cc23)n1. The van der Waals surface area contributed by atoms with E-state index in [-0.39, 0.29) is 0 Å². The minimum absolute atomic E-state index is 0.906. The summed E-state index contributed by atoms with van der Waals surface area (Å²) in [6.45, 7) is 18.9. The zero-order valence-corrected chi connectivity index (χ0v) is 61.2. The number of benzene rings is 12. The number of fused-ring (bicyclic) bond motifs is 16. The average molecular weight is 1370 g/mol. The van der Waals surface area contributed by atoms with Crippen LogP contribution in [0.15, 0.2) is 255 Å². The summed E-state index contributed by atoms with van der Waals surface area (Å²) >= 11 is 0. The highest BCUT2D eigenvalue weighted by atomic mass is 16.3. The molecule has 510 valence electrons. The number of hydrogen-bond donors (Lipinski definition) is 0. The lowest BCUT2D eigenvalue weighted by Crippen LogP contribution is -2.32. The van der Waals surface area contributed by atoms with Crippen molar-refractivity contribution in [2.24, 2.45) is 28.2 Å². The number of nitrogens with zero attached hydrogens (tertiary/aromatic N) is 8. The van der Waals surface area contributed by atoms with Crippen LogP contribution >= 0.6 is 0 Å². The number of hydrogen-bond acceptors (Lipinski definition) is 8. The molecule has 105 heavy (non-hydrogen) atoms. The van der Waals surface area contributed by atoms with Gasteiger partial charge in [0.2, 0.25) is 0 Å². The zero-order valence-electron chi connectivity index (χ0n) is 61.2. The summed E-state index contributed by atoms with van der Waals surface area (Å²) in [5.74, 6) is 1.85.